The Bertz CT molecular complexity index is 663. The van der Waals surface area contributed by atoms with E-state index in [-0.39, 0.29) is 6.54 Å². The van der Waals surface area contributed by atoms with Crippen molar-refractivity contribution in [2.45, 2.75) is 6.54 Å². The number of fused-ring (bicyclic) bond motifs is 1. The van der Waals surface area contributed by atoms with E-state index in [1.807, 2.05) is 22.6 Å². The van der Waals surface area contributed by atoms with E-state index in [1.54, 1.807) is 6.07 Å². The molecule has 6 heteroatoms. The van der Waals surface area contributed by atoms with E-state index in [0.29, 0.717) is 21.1 Å². The number of nitrogens with zero attached hydrogens (tertiary/aromatic N) is 1. The molecule has 0 radical (unpaired) electrons. The fourth-order valence-electron chi connectivity index (χ4n) is 1.35. The highest BCUT2D eigenvalue weighted by molar-refractivity contribution is 14.1. The van der Waals surface area contributed by atoms with E-state index in [2.05, 4.69) is 9.85 Å². The lowest BCUT2D eigenvalue weighted by molar-refractivity contribution is 0.521. The van der Waals surface area contributed by atoms with Crippen LogP contribution in [0.1, 0.15) is 0 Å². The fourth-order valence-corrected chi connectivity index (χ4v) is 2.04. The third-order valence-corrected chi connectivity index (χ3v) is 2.87. The minimum Gasteiger partial charge on any atom is -0.406 e. The smallest absolute Gasteiger partial charge is 0.406 e. The summed E-state index contributed by atoms with van der Waals surface area (Å²) in [5.74, 6) is 2.29. The van der Waals surface area contributed by atoms with Crippen LogP contribution in [0.3, 0.4) is 0 Å². The van der Waals surface area contributed by atoms with Gasteiger partial charge >= 0.3 is 5.76 Å². The molecule has 82 valence electrons. The van der Waals surface area contributed by atoms with Crippen molar-refractivity contribution in [3.63, 3.8) is 0 Å². The monoisotopic (exact) mass is 367 g/mol. The highest BCUT2D eigenvalue weighted by Gasteiger charge is 2.12. The molecule has 0 bridgehead atoms. The summed E-state index contributed by atoms with van der Waals surface area (Å²) in [5.41, 5.74) is 0.896. The Hall–Kier alpha value is -0.640. The predicted octanol–water partition coefficient (Wildman–Crippen LogP) is 3.30. The Morgan fingerprint density at radius 2 is 2.19 bits per heavy atom. The number of aromatic nitrogens is 1. The molecule has 2 rings (SSSR count). The maximum atomic E-state index is 11.5. The van der Waals surface area contributed by atoms with Crippen molar-refractivity contribution >= 4 is 56.9 Å². The van der Waals surface area contributed by atoms with Crippen LogP contribution >= 0.6 is 45.8 Å². The Labute approximate surface area is 114 Å². The molecule has 0 spiro atoms. The molecule has 2 aromatic rings. The van der Waals surface area contributed by atoms with Gasteiger partial charge in [0.05, 0.1) is 17.1 Å². The Morgan fingerprint density at radius 1 is 1.44 bits per heavy atom. The Balaban J connectivity index is 2.76. The summed E-state index contributed by atoms with van der Waals surface area (Å²) in [6.07, 6.45) is 0. The zero-order valence-corrected chi connectivity index (χ0v) is 11.4. The van der Waals surface area contributed by atoms with Crippen molar-refractivity contribution in [1.82, 2.24) is 4.57 Å². The summed E-state index contributed by atoms with van der Waals surface area (Å²) in [7, 11) is 0. The SMILES string of the molecule is O=c1oc2c(Cl)cc(Cl)cc2n1CC#CI. The molecular weight excluding hydrogens is 364 g/mol. The van der Waals surface area contributed by atoms with Crippen molar-refractivity contribution in [2.75, 3.05) is 0 Å². The Kier molecular flexibility index (Phi) is 3.47. The van der Waals surface area contributed by atoms with Crippen molar-refractivity contribution in [3.8, 4) is 9.85 Å². The zero-order valence-electron chi connectivity index (χ0n) is 7.76. The molecule has 0 amide bonds. The molecule has 0 fully saturated rings. The van der Waals surface area contributed by atoms with E-state index < -0.39 is 5.76 Å². The molecule has 0 aliphatic carbocycles. The summed E-state index contributed by atoms with van der Waals surface area (Å²) in [5, 5.41) is 0.773. The van der Waals surface area contributed by atoms with Crippen LogP contribution in [0.25, 0.3) is 11.1 Å². The standard InChI is InChI=1S/C10H4Cl2INO2/c11-6-4-7(12)9-8(5-6)14(3-1-2-13)10(15)16-9/h4-5H,3H2. The Morgan fingerprint density at radius 3 is 2.88 bits per heavy atom. The van der Waals surface area contributed by atoms with Gasteiger partial charge in [0.1, 0.15) is 0 Å². The molecule has 0 saturated carbocycles. The van der Waals surface area contributed by atoms with Gasteiger partial charge in [0, 0.05) is 27.6 Å². The first-order valence-corrected chi connectivity index (χ1v) is 6.04. The molecule has 0 aliphatic heterocycles. The summed E-state index contributed by atoms with van der Waals surface area (Å²) >= 11 is 13.7. The minimum absolute atomic E-state index is 0.255. The lowest BCUT2D eigenvalue weighted by atomic mass is 10.3. The van der Waals surface area contributed by atoms with Crippen LogP contribution in [0.5, 0.6) is 0 Å². The predicted molar refractivity (Wildman–Crippen MR) is 72.3 cm³/mol. The lowest BCUT2D eigenvalue weighted by Crippen LogP contribution is -2.12. The third-order valence-electron chi connectivity index (χ3n) is 1.99. The maximum absolute atomic E-state index is 11.5. The second-order valence-electron chi connectivity index (χ2n) is 2.96. The number of hydrogen-bond donors (Lipinski definition) is 0. The number of halogens is 3. The van der Waals surface area contributed by atoms with Crippen molar-refractivity contribution in [1.29, 1.82) is 0 Å². The van der Waals surface area contributed by atoms with Crippen molar-refractivity contribution < 1.29 is 4.42 Å². The molecule has 0 aliphatic rings. The molecule has 0 N–H and O–H groups in total. The fraction of sp³-hybridized carbons (Fsp3) is 0.100. The molecular formula is C10H4Cl2INO2. The van der Waals surface area contributed by atoms with Gasteiger partial charge in [-0.05, 0) is 16.1 Å². The van der Waals surface area contributed by atoms with E-state index in [4.69, 9.17) is 27.6 Å². The van der Waals surface area contributed by atoms with Gasteiger partial charge in [-0.2, -0.15) is 0 Å². The number of oxazole rings is 1. The van der Waals surface area contributed by atoms with Crippen molar-refractivity contribution in [2.24, 2.45) is 0 Å². The first-order valence-electron chi connectivity index (χ1n) is 4.20. The molecule has 1 aromatic heterocycles. The van der Waals surface area contributed by atoms with Crippen LogP contribution in [0.4, 0.5) is 0 Å². The summed E-state index contributed by atoms with van der Waals surface area (Å²) in [6, 6.07) is 3.16. The second kappa shape index (κ2) is 4.70. The van der Waals surface area contributed by atoms with Gasteiger partial charge in [0.25, 0.3) is 0 Å². The van der Waals surface area contributed by atoms with Crippen molar-refractivity contribution in [3.05, 3.63) is 32.7 Å². The topological polar surface area (TPSA) is 35.1 Å². The quantitative estimate of drug-likeness (QED) is 0.572. The van der Waals surface area contributed by atoms with Crippen LogP contribution < -0.4 is 5.76 Å². The first-order chi connectivity index (χ1) is 7.63. The molecule has 1 aromatic carbocycles. The largest absolute Gasteiger partial charge is 0.420 e. The summed E-state index contributed by atoms with van der Waals surface area (Å²) < 4.78 is 9.10. The highest BCUT2D eigenvalue weighted by Crippen LogP contribution is 2.27. The molecule has 3 nitrogen and oxygen atoms in total. The lowest BCUT2D eigenvalue weighted by Gasteiger charge is -1.97. The molecule has 16 heavy (non-hydrogen) atoms. The minimum atomic E-state index is -0.488. The van der Waals surface area contributed by atoms with E-state index in [0.717, 1.165) is 0 Å². The molecule has 0 saturated heterocycles. The zero-order chi connectivity index (χ0) is 11.7. The summed E-state index contributed by atoms with van der Waals surface area (Å²) in [4.78, 5) is 11.5. The number of rotatable bonds is 1. The van der Waals surface area contributed by atoms with Crippen LogP contribution in [-0.4, -0.2) is 4.57 Å². The molecule has 1 heterocycles. The van der Waals surface area contributed by atoms with Gasteiger partial charge in [-0.1, -0.05) is 29.1 Å². The van der Waals surface area contributed by atoms with Crippen LogP contribution in [-0.2, 0) is 6.54 Å². The van der Waals surface area contributed by atoms with Gasteiger partial charge in [-0.25, -0.2) is 4.79 Å². The van der Waals surface area contributed by atoms with E-state index in [1.165, 1.54) is 10.6 Å². The van der Waals surface area contributed by atoms with Crippen LogP contribution in [0.2, 0.25) is 10.0 Å². The first kappa shape index (κ1) is 11.8. The normalized spacial score (nSPS) is 10.2. The van der Waals surface area contributed by atoms with E-state index >= 15 is 0 Å². The molecule has 0 atom stereocenters. The second-order valence-corrected chi connectivity index (χ2v) is 4.34. The highest BCUT2D eigenvalue weighted by atomic mass is 127. The number of benzene rings is 1. The third kappa shape index (κ3) is 2.08. The summed E-state index contributed by atoms with van der Waals surface area (Å²) in [6.45, 7) is 0.255. The van der Waals surface area contributed by atoms with Gasteiger partial charge in [-0.3, -0.25) is 4.57 Å². The van der Waals surface area contributed by atoms with Crippen LogP contribution in [0, 0.1) is 9.85 Å². The maximum Gasteiger partial charge on any atom is 0.420 e. The van der Waals surface area contributed by atoms with Gasteiger partial charge in [0.15, 0.2) is 5.58 Å². The average molecular weight is 368 g/mol. The van der Waals surface area contributed by atoms with Gasteiger partial charge < -0.3 is 4.42 Å². The van der Waals surface area contributed by atoms with Crippen LogP contribution in [0.15, 0.2) is 21.3 Å². The number of hydrogen-bond acceptors (Lipinski definition) is 2. The average Bonchev–Trinajstić information content (AvgIpc) is 2.53. The molecule has 0 unspecified atom stereocenters. The van der Waals surface area contributed by atoms with Gasteiger partial charge in [0.2, 0.25) is 0 Å². The van der Waals surface area contributed by atoms with Gasteiger partial charge in [-0.15, -0.1) is 0 Å². The van der Waals surface area contributed by atoms with E-state index in [9.17, 15) is 4.79 Å².